The van der Waals surface area contributed by atoms with Crippen molar-refractivity contribution in [3.8, 4) is 0 Å². The summed E-state index contributed by atoms with van der Waals surface area (Å²) in [4.78, 5) is 99.8. The highest BCUT2D eigenvalue weighted by molar-refractivity contribution is 7.07. The summed E-state index contributed by atoms with van der Waals surface area (Å²) in [5.74, 6) is 0. The Morgan fingerprint density at radius 2 is 0.242 bits per heavy atom. The quantitative estimate of drug-likeness (QED) is 0.0256. The Kier molecular flexibility index (Phi) is 28.7. The molecule has 36 heteroatoms. The molecule has 8 aromatic rings. The lowest BCUT2D eigenvalue weighted by molar-refractivity contribution is -0.0288. The third-order valence-corrected chi connectivity index (χ3v) is 94.7. The van der Waals surface area contributed by atoms with E-state index >= 15 is 0 Å². The van der Waals surface area contributed by atoms with E-state index in [4.69, 9.17) is 49.4 Å². The standard InChI is InChI=1S/C88H120O20Si16/c1-109(2,81-33-17-73(65-89)18-34-81)49-57-117-97-118(58-50-110(3,4)82-35-19-74(66-90)20-36-82)100-121(61-53-113(9,10)85-41-25-77(69-93)26-42-85)102-119(98-117,59-51-111(5,6)83-37-21-75(67-91)22-38-83)104-123(63-55-115(13,14)87-45-29-79(71-95)30-46-87)105-120(99-117,60-52-112(7,8)84-39-23-76(68-92)24-40-84)103-122(101-118,62-54-114(11,12)86-43-27-78(70-94)28-44-86)107-124(106-121,108-123)64-56-116(15,16)88-47-31-80(72-96)32-48-88/h17-48,65-72H,49-64H2,1-16H3. The summed E-state index contributed by atoms with van der Waals surface area (Å²) >= 11 is 0. The first-order valence-corrected chi connectivity index (χ1v) is 84.4. The summed E-state index contributed by atoms with van der Waals surface area (Å²) in [7, 11) is -61.1. The van der Waals surface area contributed by atoms with Crippen LogP contribution in [0.25, 0.3) is 0 Å². The summed E-state index contributed by atoms with van der Waals surface area (Å²) < 4.78 is 107. The van der Waals surface area contributed by atoms with E-state index in [0.717, 1.165) is 91.8 Å². The third-order valence-electron chi connectivity index (χ3n) is 26.8. The molecule has 0 saturated carbocycles. The van der Waals surface area contributed by atoms with Gasteiger partial charge in [-0.1, -0.05) is 340 Å². The number of carbonyl (C=O) groups excluding carboxylic acids is 8. The van der Waals surface area contributed by atoms with E-state index in [9.17, 15) is 38.4 Å². The molecule has 20 nitrogen and oxygen atoms in total. The number of hydrogen-bond acceptors (Lipinski definition) is 20. The molecule has 0 N–H and O–H groups in total. The zero-order valence-electron chi connectivity index (χ0n) is 74.6. The molecule has 0 spiro atoms. The maximum atomic E-state index is 12.5. The highest BCUT2D eigenvalue weighted by Gasteiger charge is 2.83. The summed E-state index contributed by atoms with van der Waals surface area (Å²) in [6.45, 7) is 37.1. The van der Waals surface area contributed by atoms with Crippen LogP contribution in [0.15, 0.2) is 194 Å². The molecule has 8 bridgehead atoms. The maximum absolute atomic E-state index is 12.5. The monoisotopic (exact) mass is 1940 g/mol. The van der Waals surface area contributed by atoms with Crippen molar-refractivity contribution < 1.29 is 87.7 Å². The summed E-state index contributed by atoms with van der Waals surface area (Å²) in [5, 5.41) is 8.72. The number of rotatable bonds is 40. The van der Waals surface area contributed by atoms with Crippen LogP contribution in [-0.4, -0.2) is 185 Å². The van der Waals surface area contributed by atoms with Gasteiger partial charge in [0.05, 0.1) is 64.6 Å². The second-order valence-corrected chi connectivity index (χ2v) is 103. The Bertz CT molecular complexity index is 4140. The summed E-state index contributed by atoms with van der Waals surface area (Å²) in [6.07, 6.45) is 6.90. The minimum absolute atomic E-state index is 0.179. The van der Waals surface area contributed by atoms with Gasteiger partial charge in [-0.3, -0.25) is 38.4 Å². The predicted molar refractivity (Wildman–Crippen MR) is 528 cm³/mol. The lowest BCUT2D eigenvalue weighted by Crippen LogP contribution is -2.88. The predicted octanol–water partition coefficient (Wildman–Crippen LogP) is 15.2. The second-order valence-electron chi connectivity index (χ2n) is 39.7. The van der Waals surface area contributed by atoms with Gasteiger partial charge in [0.15, 0.2) is 0 Å². The van der Waals surface area contributed by atoms with Gasteiger partial charge in [0, 0.05) is 92.9 Å². The van der Waals surface area contributed by atoms with Crippen LogP contribution in [-0.2, 0) is 49.4 Å². The topological polar surface area (TPSA) is 247 Å². The van der Waals surface area contributed by atoms with E-state index in [1.807, 2.05) is 97.1 Å². The molecule has 0 aromatic heterocycles. The van der Waals surface area contributed by atoms with Crippen molar-refractivity contribution >= 4 is 227 Å². The number of carbonyl (C=O) groups is 8. The van der Waals surface area contributed by atoms with Crippen LogP contribution in [0.3, 0.4) is 0 Å². The zero-order chi connectivity index (χ0) is 89.3. The van der Waals surface area contributed by atoms with Gasteiger partial charge in [-0.25, -0.2) is 0 Å². The molecule has 14 rings (SSSR count). The van der Waals surface area contributed by atoms with Crippen molar-refractivity contribution in [1.29, 1.82) is 0 Å². The van der Waals surface area contributed by atoms with Gasteiger partial charge in [0.2, 0.25) is 0 Å². The Labute approximate surface area is 748 Å². The van der Waals surface area contributed by atoms with Crippen molar-refractivity contribution in [3.05, 3.63) is 239 Å². The SMILES string of the molecule is C[Si](C)(CC[Si]12O[Si]3(CC[Si](C)(C)c4ccc(C=O)cc4)O[Si]4(CC[Si](C)(C)c5ccc(C=O)cc5)O[Si](CC[Si](C)(C)c5ccc(C=O)cc5)(O1)O[Si]1(CC[Si](C)(C)c5ccc(C=O)cc5)O[Si](CC[Si](C)(C)c5ccc(C=O)cc5)(O2)O[Si](CC[Si](C)(C)c2ccc(C=O)cc2)(O3)O[Si](CC[Si](C)(C)c2ccc(C=O)cc2)(O4)O1)c1ccc(C=O)cc1. The molecule has 6 aliphatic heterocycles. The molecule has 8 aromatic carbocycles. The minimum Gasteiger partial charge on any atom is -0.373 e. The van der Waals surface area contributed by atoms with Gasteiger partial charge in [0.1, 0.15) is 50.3 Å². The van der Waals surface area contributed by atoms with Crippen LogP contribution in [0.4, 0.5) is 0 Å². The number of benzene rings is 8. The average molecular weight is 1950 g/mol. The fraction of sp³-hybridized carbons (Fsp3) is 0.364. The molecular formula is C88H120O20Si16. The Hall–Kier alpha value is -5.89. The largest absolute Gasteiger partial charge is 0.478 e. The molecule has 656 valence electrons. The number of aldehydes is 8. The molecule has 0 atom stereocenters. The van der Waals surface area contributed by atoms with E-state index in [0.29, 0.717) is 92.9 Å². The van der Waals surface area contributed by atoms with Crippen molar-refractivity contribution in [2.75, 3.05) is 0 Å². The molecule has 0 amide bonds. The van der Waals surface area contributed by atoms with E-state index in [-0.39, 0.29) is 48.4 Å². The Morgan fingerprint density at radius 1 is 0.161 bits per heavy atom. The van der Waals surface area contributed by atoms with Crippen molar-refractivity contribution in [2.24, 2.45) is 0 Å². The van der Waals surface area contributed by atoms with Crippen molar-refractivity contribution in [3.63, 3.8) is 0 Å². The van der Waals surface area contributed by atoms with Gasteiger partial charge in [-0.2, -0.15) is 0 Å². The molecular weight excluding hydrogens is 1830 g/mol. The normalized spacial score (nSPS) is 24.8. The minimum atomic E-state index is -4.88. The molecule has 124 heavy (non-hydrogen) atoms. The third kappa shape index (κ3) is 21.7. The van der Waals surface area contributed by atoms with E-state index in [2.05, 4.69) is 202 Å². The van der Waals surface area contributed by atoms with Gasteiger partial charge in [0.25, 0.3) is 0 Å². The van der Waals surface area contributed by atoms with Crippen LogP contribution >= 0.6 is 0 Å². The molecule has 6 heterocycles. The fourth-order valence-electron chi connectivity index (χ4n) is 17.6. The second kappa shape index (κ2) is 37.2. The van der Waals surface area contributed by atoms with Crippen LogP contribution in [0.2, 0.25) is 201 Å². The molecule has 0 radical (unpaired) electrons. The maximum Gasteiger partial charge on any atom is 0.478 e. The van der Waals surface area contributed by atoms with Gasteiger partial charge in [-0.15, -0.1) is 0 Å². The van der Waals surface area contributed by atoms with Gasteiger partial charge >= 0.3 is 70.4 Å². The van der Waals surface area contributed by atoms with Crippen molar-refractivity contribution in [1.82, 2.24) is 0 Å². The molecule has 6 aliphatic rings. The van der Waals surface area contributed by atoms with Crippen LogP contribution in [0.1, 0.15) is 82.9 Å². The van der Waals surface area contributed by atoms with Crippen LogP contribution in [0, 0.1) is 0 Å². The lowest BCUT2D eigenvalue weighted by atomic mass is 10.2. The average Bonchev–Trinajstić information content (AvgIpc) is 0.682. The highest BCUT2D eigenvalue weighted by atomic mass is 28.6. The summed E-state index contributed by atoms with van der Waals surface area (Å²) in [6, 6.07) is 68.5. The van der Waals surface area contributed by atoms with Crippen molar-refractivity contribution in [2.45, 2.75) is 201 Å². The van der Waals surface area contributed by atoms with Crippen LogP contribution < -0.4 is 41.5 Å². The fourth-order valence-corrected chi connectivity index (χ4v) is 104. The Morgan fingerprint density at radius 3 is 0.315 bits per heavy atom. The Balaban J connectivity index is 1.15. The lowest BCUT2D eigenvalue weighted by Gasteiger charge is -2.64. The highest BCUT2D eigenvalue weighted by Crippen LogP contribution is 2.57. The zero-order valence-corrected chi connectivity index (χ0v) is 90.6. The van der Waals surface area contributed by atoms with E-state index < -0.39 is 135 Å². The van der Waals surface area contributed by atoms with Gasteiger partial charge in [-0.05, 0) is 48.4 Å². The summed E-state index contributed by atoms with van der Waals surface area (Å²) in [5.41, 5.74) is 4.43. The molecule has 6 fully saturated rings. The molecule has 6 saturated heterocycles. The van der Waals surface area contributed by atoms with E-state index in [1.54, 1.807) is 0 Å². The van der Waals surface area contributed by atoms with E-state index in [1.165, 1.54) is 0 Å². The first kappa shape index (κ1) is 95.7. The smallest absolute Gasteiger partial charge is 0.373 e. The molecule has 0 unspecified atom stereocenters. The van der Waals surface area contributed by atoms with Gasteiger partial charge < -0.3 is 49.4 Å². The first-order chi connectivity index (χ1) is 58.4. The molecule has 0 aliphatic carbocycles. The van der Waals surface area contributed by atoms with Crippen LogP contribution in [0.5, 0.6) is 0 Å². The number of hydrogen-bond donors (Lipinski definition) is 0. The first-order valence-electron chi connectivity index (χ1n) is 43.3.